The minimum atomic E-state index is -0.593. The molecule has 0 amide bonds. The molecule has 21 heavy (non-hydrogen) atoms. The molecule has 0 radical (unpaired) electrons. The molecule has 106 valence electrons. The van der Waals surface area contributed by atoms with Crippen LogP contribution in [-0.2, 0) is 14.3 Å². The maximum Gasteiger partial charge on any atom is 0.188 e. The predicted octanol–water partition coefficient (Wildman–Crippen LogP) is 3.52. The molecule has 2 aromatic rings. The predicted molar refractivity (Wildman–Crippen MR) is 80.6 cm³/mol. The molecule has 0 unspecified atom stereocenters. The fourth-order valence-corrected chi connectivity index (χ4v) is 2.37. The van der Waals surface area contributed by atoms with Crippen molar-refractivity contribution in [3.05, 3.63) is 72.3 Å². The van der Waals surface area contributed by atoms with E-state index in [0.29, 0.717) is 0 Å². The van der Waals surface area contributed by atoms with E-state index in [1.807, 2.05) is 42.5 Å². The van der Waals surface area contributed by atoms with Crippen LogP contribution in [0.2, 0.25) is 0 Å². The smallest absolute Gasteiger partial charge is 0.188 e. The Morgan fingerprint density at radius 2 is 1.62 bits per heavy atom. The van der Waals surface area contributed by atoms with Crippen molar-refractivity contribution >= 4 is 5.78 Å². The molecule has 0 bridgehead atoms. The van der Waals surface area contributed by atoms with Crippen molar-refractivity contribution in [2.75, 3.05) is 7.11 Å². The molecule has 1 aliphatic rings. The fraction of sp³-hybridized carbons (Fsp3) is 0.167. The molecule has 3 nitrogen and oxygen atoms in total. The highest BCUT2D eigenvalue weighted by molar-refractivity contribution is 5.95. The van der Waals surface area contributed by atoms with Crippen LogP contribution in [0.3, 0.4) is 0 Å². The zero-order chi connectivity index (χ0) is 14.7. The number of rotatable bonds is 3. The maximum atomic E-state index is 11.9. The van der Waals surface area contributed by atoms with Gasteiger partial charge in [-0.2, -0.15) is 0 Å². The minimum absolute atomic E-state index is 0.0595. The highest BCUT2D eigenvalue weighted by Crippen LogP contribution is 2.27. The fourth-order valence-electron chi connectivity index (χ4n) is 2.37. The minimum Gasteiger partial charge on any atom is -0.352 e. The van der Waals surface area contributed by atoms with Gasteiger partial charge in [0.15, 0.2) is 12.1 Å². The van der Waals surface area contributed by atoms with E-state index >= 15 is 0 Å². The number of carbonyl (C=O) groups is 1. The standard InChI is InChI=1S/C18H16O3/c1-20-17-12-11-16(19)18(21-17)15-9-7-14(8-10-15)13-5-3-2-4-6-13/h2-12,17-18H,1H3/t17-,18+/m0/s1. The topological polar surface area (TPSA) is 35.5 Å². The number of methoxy groups -OCH3 is 1. The zero-order valence-corrected chi connectivity index (χ0v) is 11.7. The summed E-state index contributed by atoms with van der Waals surface area (Å²) in [6, 6.07) is 18.0. The summed E-state index contributed by atoms with van der Waals surface area (Å²) >= 11 is 0. The van der Waals surface area contributed by atoms with Crippen LogP contribution >= 0.6 is 0 Å². The number of hydrogen-bond acceptors (Lipinski definition) is 3. The van der Waals surface area contributed by atoms with Gasteiger partial charge in [-0.25, -0.2) is 0 Å². The molecule has 0 aliphatic carbocycles. The van der Waals surface area contributed by atoms with E-state index in [4.69, 9.17) is 9.47 Å². The Hall–Kier alpha value is -2.23. The number of ketones is 1. The monoisotopic (exact) mass is 280 g/mol. The lowest BCUT2D eigenvalue weighted by atomic mass is 9.99. The molecule has 3 heteroatoms. The summed E-state index contributed by atoms with van der Waals surface area (Å²) in [5, 5.41) is 0. The molecule has 0 spiro atoms. The van der Waals surface area contributed by atoms with Crippen LogP contribution in [0.25, 0.3) is 11.1 Å². The second kappa shape index (κ2) is 6.04. The highest BCUT2D eigenvalue weighted by Gasteiger charge is 2.26. The summed E-state index contributed by atoms with van der Waals surface area (Å²) < 4.78 is 10.7. The lowest BCUT2D eigenvalue weighted by molar-refractivity contribution is -0.156. The third-order valence-electron chi connectivity index (χ3n) is 3.50. The number of benzene rings is 2. The third-order valence-corrected chi connectivity index (χ3v) is 3.50. The van der Waals surface area contributed by atoms with Gasteiger partial charge < -0.3 is 9.47 Å². The summed E-state index contributed by atoms with van der Waals surface area (Å²) in [4.78, 5) is 11.9. The summed E-state index contributed by atoms with van der Waals surface area (Å²) in [7, 11) is 1.56. The van der Waals surface area contributed by atoms with Gasteiger partial charge in [-0.05, 0) is 28.8 Å². The quantitative estimate of drug-likeness (QED) is 0.863. The Balaban J connectivity index is 1.84. The summed E-state index contributed by atoms with van der Waals surface area (Å²) in [5.74, 6) is -0.0595. The van der Waals surface area contributed by atoms with E-state index in [2.05, 4.69) is 12.1 Å². The van der Waals surface area contributed by atoms with Crippen molar-refractivity contribution < 1.29 is 14.3 Å². The van der Waals surface area contributed by atoms with Crippen LogP contribution in [0.1, 0.15) is 11.7 Å². The molecule has 3 rings (SSSR count). The lowest BCUT2D eigenvalue weighted by Crippen LogP contribution is -2.26. The van der Waals surface area contributed by atoms with Crippen molar-refractivity contribution in [2.45, 2.75) is 12.4 Å². The first kappa shape index (κ1) is 13.7. The van der Waals surface area contributed by atoms with Crippen LogP contribution < -0.4 is 0 Å². The van der Waals surface area contributed by atoms with Crippen molar-refractivity contribution in [1.29, 1.82) is 0 Å². The molecule has 2 aromatic carbocycles. The average molecular weight is 280 g/mol. The molecule has 0 N–H and O–H groups in total. The van der Waals surface area contributed by atoms with Crippen LogP contribution in [0.5, 0.6) is 0 Å². The molecule has 1 heterocycles. The van der Waals surface area contributed by atoms with Gasteiger partial charge in [0.05, 0.1) is 0 Å². The van der Waals surface area contributed by atoms with E-state index in [0.717, 1.165) is 16.7 Å². The van der Waals surface area contributed by atoms with Gasteiger partial charge in [0, 0.05) is 7.11 Å². The second-order valence-corrected chi connectivity index (χ2v) is 4.87. The van der Waals surface area contributed by atoms with E-state index in [1.54, 1.807) is 13.2 Å². The van der Waals surface area contributed by atoms with Crippen molar-refractivity contribution in [3.8, 4) is 11.1 Å². The Labute approximate surface area is 123 Å². The summed E-state index contributed by atoms with van der Waals surface area (Å²) in [6.45, 7) is 0. The number of ether oxygens (including phenoxy) is 2. The second-order valence-electron chi connectivity index (χ2n) is 4.87. The highest BCUT2D eigenvalue weighted by atomic mass is 16.7. The van der Waals surface area contributed by atoms with E-state index in [9.17, 15) is 4.79 Å². The SMILES string of the molecule is CO[C@@H]1C=CC(=O)[C@@H](c2ccc(-c3ccccc3)cc2)O1. The van der Waals surface area contributed by atoms with Gasteiger partial charge in [0.1, 0.15) is 6.10 Å². The Bertz CT molecular complexity index is 644. The van der Waals surface area contributed by atoms with Crippen LogP contribution in [0, 0.1) is 0 Å². The largest absolute Gasteiger partial charge is 0.352 e. The Kier molecular flexibility index (Phi) is 3.95. The van der Waals surface area contributed by atoms with Gasteiger partial charge in [-0.1, -0.05) is 54.6 Å². The van der Waals surface area contributed by atoms with Gasteiger partial charge in [0.2, 0.25) is 0 Å². The van der Waals surface area contributed by atoms with Crippen LogP contribution in [0.15, 0.2) is 66.7 Å². The molecule has 1 aliphatic heterocycles. The summed E-state index contributed by atoms with van der Waals surface area (Å²) in [6.07, 6.45) is 2.08. The molecule has 0 fully saturated rings. The van der Waals surface area contributed by atoms with Gasteiger partial charge in [0.25, 0.3) is 0 Å². The van der Waals surface area contributed by atoms with Gasteiger partial charge in [-0.15, -0.1) is 0 Å². The molecular weight excluding hydrogens is 264 g/mol. The van der Waals surface area contributed by atoms with Gasteiger partial charge in [-0.3, -0.25) is 4.79 Å². The number of hydrogen-bond donors (Lipinski definition) is 0. The van der Waals surface area contributed by atoms with Crippen molar-refractivity contribution in [1.82, 2.24) is 0 Å². The molecule has 0 saturated heterocycles. The summed E-state index contributed by atoms with van der Waals surface area (Å²) in [5.41, 5.74) is 3.10. The van der Waals surface area contributed by atoms with E-state index in [-0.39, 0.29) is 5.78 Å². The lowest BCUT2D eigenvalue weighted by Gasteiger charge is -2.24. The normalized spacial score (nSPS) is 21.5. The maximum absolute atomic E-state index is 11.9. The average Bonchev–Trinajstić information content (AvgIpc) is 2.56. The molecular formula is C18H16O3. The van der Waals surface area contributed by atoms with E-state index < -0.39 is 12.4 Å². The van der Waals surface area contributed by atoms with Crippen molar-refractivity contribution in [3.63, 3.8) is 0 Å². The first-order valence-corrected chi connectivity index (χ1v) is 6.83. The first-order chi connectivity index (χ1) is 10.3. The molecule has 0 aromatic heterocycles. The first-order valence-electron chi connectivity index (χ1n) is 6.83. The van der Waals surface area contributed by atoms with Crippen LogP contribution in [-0.4, -0.2) is 19.2 Å². The van der Waals surface area contributed by atoms with E-state index in [1.165, 1.54) is 6.08 Å². The zero-order valence-electron chi connectivity index (χ0n) is 11.7. The van der Waals surface area contributed by atoms with Crippen molar-refractivity contribution in [2.24, 2.45) is 0 Å². The Morgan fingerprint density at radius 1 is 0.952 bits per heavy atom. The molecule has 2 atom stereocenters. The third kappa shape index (κ3) is 2.94. The van der Waals surface area contributed by atoms with Gasteiger partial charge >= 0.3 is 0 Å². The Morgan fingerprint density at radius 3 is 2.29 bits per heavy atom. The molecule has 0 saturated carbocycles. The number of carbonyl (C=O) groups excluding carboxylic acids is 1. The van der Waals surface area contributed by atoms with Crippen LogP contribution in [0.4, 0.5) is 0 Å².